The van der Waals surface area contributed by atoms with Crippen molar-refractivity contribution in [3.63, 3.8) is 0 Å². The summed E-state index contributed by atoms with van der Waals surface area (Å²) in [6.45, 7) is 0. The molecule has 6 heavy (non-hydrogen) atoms. The second kappa shape index (κ2) is 3.00. The van der Waals surface area contributed by atoms with Gasteiger partial charge in [0.05, 0.1) is 0 Å². The van der Waals surface area contributed by atoms with Gasteiger partial charge in [-0.2, -0.15) is 0 Å². The molecule has 0 fully saturated rings. The summed E-state index contributed by atoms with van der Waals surface area (Å²) >= 11 is 1.70. The van der Waals surface area contributed by atoms with E-state index in [2.05, 4.69) is 9.14 Å². The summed E-state index contributed by atoms with van der Waals surface area (Å²) in [5.74, 6) is 0. The molecule has 0 heterocycles. The SMILES string of the molecule is CNC(=O)O[SeH]. The minimum absolute atomic E-state index is 0.435. The van der Waals surface area contributed by atoms with Crippen molar-refractivity contribution in [2.75, 3.05) is 7.05 Å². The van der Waals surface area contributed by atoms with Gasteiger partial charge in [-0.05, 0) is 0 Å². The monoisotopic (exact) mass is 155 g/mol. The Hall–Kier alpha value is -0.211. The Balaban J connectivity index is 2.99. The molecule has 4 heteroatoms. The van der Waals surface area contributed by atoms with Crippen LogP contribution in [0.4, 0.5) is 4.79 Å². The van der Waals surface area contributed by atoms with Crippen LogP contribution in [0.3, 0.4) is 0 Å². The van der Waals surface area contributed by atoms with Gasteiger partial charge in [0.25, 0.3) is 0 Å². The molecule has 0 aliphatic heterocycles. The van der Waals surface area contributed by atoms with E-state index in [1.165, 1.54) is 7.05 Å². The Morgan fingerprint density at radius 2 is 2.50 bits per heavy atom. The van der Waals surface area contributed by atoms with E-state index in [0.29, 0.717) is 0 Å². The molecule has 1 amide bonds. The van der Waals surface area contributed by atoms with Crippen LogP contribution in [0.5, 0.6) is 0 Å². The summed E-state index contributed by atoms with van der Waals surface area (Å²) in [4.78, 5) is 9.83. The molecule has 0 saturated carbocycles. The number of rotatable bonds is 0. The molecule has 0 spiro atoms. The van der Waals surface area contributed by atoms with Crippen LogP contribution < -0.4 is 5.32 Å². The Labute approximate surface area is 44.2 Å². The first-order valence-electron chi connectivity index (χ1n) is 1.34. The van der Waals surface area contributed by atoms with Crippen LogP contribution >= 0.6 is 0 Å². The van der Waals surface area contributed by atoms with Crippen LogP contribution in [0.25, 0.3) is 0 Å². The van der Waals surface area contributed by atoms with Gasteiger partial charge in [0, 0.05) is 0 Å². The third-order valence-corrected chi connectivity index (χ3v) is 0.635. The number of carbonyl (C=O) groups is 1. The summed E-state index contributed by atoms with van der Waals surface area (Å²) in [5.41, 5.74) is 0. The van der Waals surface area contributed by atoms with Crippen molar-refractivity contribution in [2.24, 2.45) is 0 Å². The van der Waals surface area contributed by atoms with E-state index in [1.54, 1.807) is 16.3 Å². The Kier molecular flexibility index (Phi) is 2.89. The molecule has 0 aromatic heterocycles. The van der Waals surface area contributed by atoms with Crippen molar-refractivity contribution >= 4 is 22.4 Å². The van der Waals surface area contributed by atoms with E-state index in [4.69, 9.17) is 0 Å². The van der Waals surface area contributed by atoms with Gasteiger partial charge in [0.15, 0.2) is 0 Å². The topological polar surface area (TPSA) is 38.3 Å². The molecule has 0 unspecified atom stereocenters. The third-order valence-electron chi connectivity index (χ3n) is 0.287. The van der Waals surface area contributed by atoms with Gasteiger partial charge in [0.1, 0.15) is 0 Å². The molecule has 1 N–H and O–H groups in total. The number of carbonyl (C=O) groups excluding carboxylic acids is 1. The average Bonchev–Trinajstić information content (AvgIpc) is 1.65. The van der Waals surface area contributed by atoms with E-state index in [-0.39, 0.29) is 0 Å². The molecule has 0 aromatic carbocycles. The maximum absolute atomic E-state index is 9.83. The van der Waals surface area contributed by atoms with Crippen LogP contribution in [-0.2, 0) is 3.82 Å². The normalized spacial score (nSPS) is 7.00. The van der Waals surface area contributed by atoms with E-state index >= 15 is 0 Å². The molecule has 0 aliphatic carbocycles. The van der Waals surface area contributed by atoms with Gasteiger partial charge in [-0.15, -0.1) is 0 Å². The van der Waals surface area contributed by atoms with Crippen molar-refractivity contribution < 1.29 is 8.61 Å². The molecule has 0 aliphatic rings. The van der Waals surface area contributed by atoms with Crippen LogP contribution in [0.15, 0.2) is 0 Å². The van der Waals surface area contributed by atoms with Gasteiger partial charge >= 0.3 is 43.4 Å². The van der Waals surface area contributed by atoms with E-state index in [9.17, 15) is 4.79 Å². The Bertz CT molecular complexity index is 49.5. The summed E-state index contributed by atoms with van der Waals surface area (Å²) in [5, 5.41) is 2.24. The minimum atomic E-state index is -0.435. The molecular weight excluding hydrogens is 149 g/mol. The third kappa shape index (κ3) is 2.05. The number of hydrogen-bond donors (Lipinski definition) is 1. The van der Waals surface area contributed by atoms with Crippen LogP contribution in [0, 0.1) is 0 Å². The number of nitrogens with one attached hydrogen (secondary N) is 1. The molecule has 0 aromatic rings. The zero-order chi connectivity index (χ0) is 4.99. The summed E-state index contributed by atoms with van der Waals surface area (Å²) in [6, 6.07) is 0. The van der Waals surface area contributed by atoms with Crippen molar-refractivity contribution in [3.05, 3.63) is 0 Å². The van der Waals surface area contributed by atoms with Gasteiger partial charge in [0.2, 0.25) is 0 Å². The molecule has 3 nitrogen and oxygen atoms in total. The van der Waals surface area contributed by atoms with Gasteiger partial charge in [-0.1, -0.05) is 0 Å². The molecule has 0 atom stereocenters. The first-order valence-corrected chi connectivity index (χ1v) is 2.11. The average molecular weight is 154 g/mol. The molecule has 0 saturated heterocycles. The quantitative estimate of drug-likeness (QED) is 0.462. The van der Waals surface area contributed by atoms with E-state index in [1.807, 2.05) is 0 Å². The fourth-order valence-corrected chi connectivity index (χ4v) is 0.237. The summed E-state index contributed by atoms with van der Waals surface area (Å²) in [6.07, 6.45) is -0.435. The predicted octanol–water partition coefficient (Wildman–Crippen LogP) is -0.842. The zero-order valence-electron chi connectivity index (χ0n) is 3.26. The van der Waals surface area contributed by atoms with Crippen molar-refractivity contribution in [1.29, 1.82) is 0 Å². The van der Waals surface area contributed by atoms with Gasteiger partial charge in [-0.3, -0.25) is 0 Å². The molecule has 36 valence electrons. The molecular formula is C2H5NO2Se. The zero-order valence-corrected chi connectivity index (χ0v) is 5.14. The second-order valence-electron chi connectivity index (χ2n) is 0.629. The van der Waals surface area contributed by atoms with Crippen molar-refractivity contribution in [1.82, 2.24) is 5.32 Å². The fraction of sp³-hybridized carbons (Fsp3) is 0.500. The maximum atomic E-state index is 9.83. The molecule has 0 radical (unpaired) electrons. The Morgan fingerprint density at radius 1 is 2.00 bits per heavy atom. The van der Waals surface area contributed by atoms with Crippen LogP contribution in [0.2, 0.25) is 0 Å². The summed E-state index contributed by atoms with van der Waals surface area (Å²) in [7, 11) is 1.50. The van der Waals surface area contributed by atoms with Gasteiger partial charge < -0.3 is 0 Å². The second-order valence-corrected chi connectivity index (χ2v) is 1.01. The fourth-order valence-electron chi connectivity index (χ4n) is 0.0456. The predicted molar refractivity (Wildman–Crippen MR) is 22.7 cm³/mol. The molecule has 0 rings (SSSR count). The van der Waals surface area contributed by atoms with E-state index < -0.39 is 6.09 Å². The van der Waals surface area contributed by atoms with Crippen molar-refractivity contribution in [2.45, 2.75) is 0 Å². The summed E-state index contributed by atoms with van der Waals surface area (Å²) < 4.78 is 4.09. The van der Waals surface area contributed by atoms with Crippen LogP contribution in [0.1, 0.15) is 0 Å². The Morgan fingerprint density at radius 3 is 2.50 bits per heavy atom. The van der Waals surface area contributed by atoms with Crippen LogP contribution in [-0.4, -0.2) is 29.5 Å². The molecule has 0 bridgehead atoms. The van der Waals surface area contributed by atoms with E-state index in [0.717, 1.165) is 0 Å². The first-order chi connectivity index (χ1) is 2.81. The number of amides is 1. The standard InChI is InChI=1S/C2H5NO2Se/c1-3-2(4)5-6/h6H,1H3,(H,3,4). The van der Waals surface area contributed by atoms with Gasteiger partial charge in [-0.25, -0.2) is 0 Å². The van der Waals surface area contributed by atoms with Crippen molar-refractivity contribution in [3.8, 4) is 0 Å². The number of hydrogen-bond acceptors (Lipinski definition) is 2. The first kappa shape index (κ1) is 5.79.